The molecule has 0 radical (unpaired) electrons. The molecule has 5 nitrogen and oxygen atoms in total. The van der Waals surface area contributed by atoms with Gasteiger partial charge in [-0.05, 0) is 24.6 Å². The number of halogens is 1. The second-order valence-corrected chi connectivity index (χ2v) is 5.21. The van der Waals surface area contributed by atoms with Crippen LogP contribution in [0, 0.1) is 6.92 Å². The van der Waals surface area contributed by atoms with Crippen LogP contribution in [0.2, 0.25) is 0 Å². The number of rotatable bonds is 9. The predicted molar refractivity (Wildman–Crippen MR) is 78.5 cm³/mol. The molecule has 0 spiro atoms. The van der Waals surface area contributed by atoms with Crippen molar-refractivity contribution in [3.8, 4) is 5.75 Å². The Balaban J connectivity index is 2.50. The maximum atomic E-state index is 11.0. The van der Waals surface area contributed by atoms with Crippen molar-refractivity contribution in [3.05, 3.63) is 27.7 Å². The van der Waals surface area contributed by atoms with E-state index in [2.05, 4.69) is 15.9 Å². The van der Waals surface area contributed by atoms with Crippen LogP contribution in [0.1, 0.15) is 15.9 Å². The molecule has 1 aromatic rings. The molecule has 1 aromatic carbocycles. The molecule has 0 saturated carbocycles. The van der Waals surface area contributed by atoms with E-state index in [0.29, 0.717) is 24.5 Å². The van der Waals surface area contributed by atoms with Gasteiger partial charge < -0.3 is 19.3 Å². The minimum absolute atomic E-state index is 0.0658. The number of hydrogen-bond donors (Lipinski definition) is 1. The summed E-state index contributed by atoms with van der Waals surface area (Å²) in [4.78, 5) is 11.0. The van der Waals surface area contributed by atoms with Crippen molar-refractivity contribution < 1.29 is 24.1 Å². The molecule has 1 N–H and O–H groups in total. The van der Waals surface area contributed by atoms with Gasteiger partial charge in [0.15, 0.2) is 6.29 Å². The summed E-state index contributed by atoms with van der Waals surface area (Å²) in [6.07, 6.45) is -0.0245. The topological polar surface area (TPSA) is 65.0 Å². The molecule has 0 aliphatic rings. The summed E-state index contributed by atoms with van der Waals surface area (Å²) < 4.78 is 16.4. The smallest absolute Gasteiger partial charge is 0.153 e. The highest BCUT2D eigenvalue weighted by molar-refractivity contribution is 9.10. The Kier molecular flexibility index (Phi) is 7.76. The minimum Gasteiger partial charge on any atom is -0.490 e. The number of aldehydes is 1. The molecular weight excluding hydrogens is 328 g/mol. The number of ether oxygens (including phenoxy) is 3. The van der Waals surface area contributed by atoms with E-state index in [0.717, 1.165) is 16.3 Å². The molecule has 0 saturated heterocycles. The summed E-state index contributed by atoms with van der Waals surface area (Å²) in [5.74, 6) is 0.485. The number of aryl methyl sites for hydroxylation is 1. The lowest BCUT2D eigenvalue weighted by Gasteiger charge is -2.15. The van der Waals surface area contributed by atoms with Crippen LogP contribution < -0.4 is 4.74 Å². The van der Waals surface area contributed by atoms with Crippen LogP contribution in [0.3, 0.4) is 0 Å². The van der Waals surface area contributed by atoms with E-state index in [1.54, 1.807) is 13.2 Å². The van der Waals surface area contributed by atoms with Crippen molar-refractivity contribution in [2.24, 2.45) is 0 Å². The van der Waals surface area contributed by atoms with Gasteiger partial charge >= 0.3 is 0 Å². The first kappa shape index (κ1) is 17.1. The number of carbonyl (C=O) groups excluding carboxylic acids is 1. The standard InChI is InChI=1S/C14H19BrO5/c1-10-5-12(15)6-11(7-16)14(10)20-9-13(17)8-19-4-3-18-2/h5-7,13,17H,3-4,8-9H2,1-2H3. The minimum atomic E-state index is -0.755. The predicted octanol–water partition coefficient (Wildman–Crippen LogP) is 1.97. The number of aliphatic hydroxyl groups is 1. The molecule has 0 bridgehead atoms. The molecule has 0 aliphatic carbocycles. The van der Waals surface area contributed by atoms with E-state index in [1.165, 1.54) is 0 Å². The lowest BCUT2D eigenvalue weighted by molar-refractivity contribution is -0.00435. The highest BCUT2D eigenvalue weighted by Crippen LogP contribution is 2.26. The fourth-order valence-corrected chi connectivity index (χ4v) is 2.22. The van der Waals surface area contributed by atoms with Gasteiger partial charge in [-0.25, -0.2) is 0 Å². The fourth-order valence-electron chi connectivity index (χ4n) is 1.63. The molecule has 0 aromatic heterocycles. The van der Waals surface area contributed by atoms with Crippen molar-refractivity contribution in [2.45, 2.75) is 13.0 Å². The quantitative estimate of drug-likeness (QED) is 0.547. The first-order valence-electron chi connectivity index (χ1n) is 6.21. The Bertz CT molecular complexity index is 436. The summed E-state index contributed by atoms with van der Waals surface area (Å²) in [5, 5.41) is 9.73. The van der Waals surface area contributed by atoms with Crippen molar-refractivity contribution >= 4 is 22.2 Å². The second kappa shape index (κ2) is 9.07. The van der Waals surface area contributed by atoms with Gasteiger partial charge in [0, 0.05) is 11.6 Å². The number of aliphatic hydroxyl groups excluding tert-OH is 1. The second-order valence-electron chi connectivity index (χ2n) is 4.29. The Morgan fingerprint density at radius 1 is 1.35 bits per heavy atom. The number of methoxy groups -OCH3 is 1. The molecule has 1 unspecified atom stereocenters. The summed E-state index contributed by atoms with van der Waals surface area (Å²) in [5.41, 5.74) is 1.28. The summed E-state index contributed by atoms with van der Waals surface area (Å²) in [7, 11) is 1.58. The van der Waals surface area contributed by atoms with Crippen LogP contribution in [0.15, 0.2) is 16.6 Å². The first-order chi connectivity index (χ1) is 9.58. The average Bonchev–Trinajstić information content (AvgIpc) is 2.41. The third kappa shape index (κ3) is 5.58. The van der Waals surface area contributed by atoms with E-state index in [1.807, 2.05) is 13.0 Å². The van der Waals surface area contributed by atoms with Crippen LogP contribution in [0.5, 0.6) is 5.75 Å². The number of hydrogen-bond acceptors (Lipinski definition) is 5. The van der Waals surface area contributed by atoms with Crippen molar-refractivity contribution in [1.29, 1.82) is 0 Å². The highest BCUT2D eigenvalue weighted by Gasteiger charge is 2.11. The largest absolute Gasteiger partial charge is 0.490 e. The molecule has 20 heavy (non-hydrogen) atoms. The molecule has 112 valence electrons. The Morgan fingerprint density at radius 2 is 2.10 bits per heavy atom. The van der Waals surface area contributed by atoms with Gasteiger partial charge in [-0.1, -0.05) is 15.9 Å². The molecular formula is C14H19BrO5. The van der Waals surface area contributed by atoms with Crippen LogP contribution >= 0.6 is 15.9 Å². The van der Waals surface area contributed by atoms with Crippen LogP contribution in [-0.4, -0.2) is 51.0 Å². The zero-order chi connectivity index (χ0) is 15.0. The molecule has 6 heteroatoms. The van der Waals surface area contributed by atoms with Crippen molar-refractivity contribution in [2.75, 3.05) is 33.5 Å². The third-order valence-electron chi connectivity index (χ3n) is 2.56. The average molecular weight is 347 g/mol. The van der Waals surface area contributed by atoms with Gasteiger partial charge in [-0.3, -0.25) is 4.79 Å². The summed E-state index contributed by atoms with van der Waals surface area (Å²) in [6.45, 7) is 2.97. The van der Waals surface area contributed by atoms with Crippen molar-refractivity contribution in [1.82, 2.24) is 0 Å². The lowest BCUT2D eigenvalue weighted by Crippen LogP contribution is -2.24. The van der Waals surface area contributed by atoms with Crippen LogP contribution in [0.4, 0.5) is 0 Å². The van der Waals surface area contributed by atoms with Gasteiger partial charge in [0.05, 0.1) is 25.4 Å². The maximum absolute atomic E-state index is 11.0. The fraction of sp³-hybridized carbons (Fsp3) is 0.500. The van der Waals surface area contributed by atoms with Gasteiger partial charge in [0.1, 0.15) is 18.5 Å². The van der Waals surface area contributed by atoms with Gasteiger partial charge in [-0.15, -0.1) is 0 Å². The number of benzene rings is 1. The molecule has 0 amide bonds. The number of carbonyl (C=O) groups is 1. The molecule has 0 heterocycles. The first-order valence-corrected chi connectivity index (χ1v) is 7.00. The Hall–Kier alpha value is -0.950. The monoisotopic (exact) mass is 346 g/mol. The van der Waals surface area contributed by atoms with E-state index < -0.39 is 6.10 Å². The zero-order valence-electron chi connectivity index (χ0n) is 11.6. The van der Waals surface area contributed by atoms with Crippen LogP contribution in [-0.2, 0) is 9.47 Å². The zero-order valence-corrected chi connectivity index (χ0v) is 13.2. The normalized spacial score (nSPS) is 12.2. The SMILES string of the molecule is COCCOCC(O)COc1c(C)cc(Br)cc1C=O. The molecule has 0 fully saturated rings. The van der Waals surface area contributed by atoms with E-state index in [-0.39, 0.29) is 13.2 Å². The van der Waals surface area contributed by atoms with Crippen LogP contribution in [0.25, 0.3) is 0 Å². The Morgan fingerprint density at radius 3 is 2.75 bits per heavy atom. The molecule has 1 rings (SSSR count). The molecule has 0 aliphatic heterocycles. The van der Waals surface area contributed by atoms with E-state index in [9.17, 15) is 9.90 Å². The van der Waals surface area contributed by atoms with E-state index in [4.69, 9.17) is 14.2 Å². The lowest BCUT2D eigenvalue weighted by atomic mass is 10.1. The van der Waals surface area contributed by atoms with Crippen molar-refractivity contribution in [3.63, 3.8) is 0 Å². The third-order valence-corrected chi connectivity index (χ3v) is 3.02. The van der Waals surface area contributed by atoms with E-state index >= 15 is 0 Å². The maximum Gasteiger partial charge on any atom is 0.153 e. The van der Waals surface area contributed by atoms with Gasteiger partial charge in [0.25, 0.3) is 0 Å². The Labute approximate surface area is 127 Å². The summed E-state index contributed by atoms with van der Waals surface area (Å²) >= 11 is 3.32. The molecule has 1 atom stereocenters. The van der Waals surface area contributed by atoms with Gasteiger partial charge in [0.2, 0.25) is 0 Å². The van der Waals surface area contributed by atoms with Gasteiger partial charge in [-0.2, -0.15) is 0 Å². The highest BCUT2D eigenvalue weighted by atomic mass is 79.9. The summed E-state index contributed by atoms with van der Waals surface area (Å²) in [6, 6.07) is 3.53.